The van der Waals surface area contributed by atoms with Crippen LogP contribution < -0.4 is 5.73 Å². The van der Waals surface area contributed by atoms with Gasteiger partial charge in [0.1, 0.15) is 0 Å². The van der Waals surface area contributed by atoms with E-state index in [9.17, 15) is 4.79 Å². The van der Waals surface area contributed by atoms with Crippen LogP contribution in [0.1, 0.15) is 10.4 Å². The molecule has 0 radical (unpaired) electrons. The Morgan fingerprint density at radius 1 is 1.11 bits per heavy atom. The molecule has 0 saturated carbocycles. The van der Waals surface area contributed by atoms with E-state index in [0.29, 0.717) is 11.3 Å². The Balaban J connectivity index is 2.13. The second kappa shape index (κ2) is 4.00. The van der Waals surface area contributed by atoms with Gasteiger partial charge in [-0.2, -0.15) is 9.78 Å². The normalized spacial score (nSPS) is 10.7. The molecule has 2 aromatic carbocycles. The Morgan fingerprint density at radius 3 is 2.67 bits per heavy atom. The van der Waals surface area contributed by atoms with Crippen LogP contribution in [0.2, 0.25) is 0 Å². The maximum atomic E-state index is 12.3. The molecule has 1 aromatic heterocycles. The largest absolute Gasteiger partial charge is 0.399 e. The number of hydrogen-bond donors (Lipinski definition) is 1. The molecule has 2 N–H and O–H groups in total. The highest BCUT2D eigenvalue weighted by molar-refractivity contribution is 6.01. The van der Waals surface area contributed by atoms with Crippen LogP contribution in [0.3, 0.4) is 0 Å². The zero-order valence-electron chi connectivity index (χ0n) is 9.58. The first-order chi connectivity index (χ1) is 8.75. The molecule has 0 unspecified atom stereocenters. The van der Waals surface area contributed by atoms with E-state index >= 15 is 0 Å². The molecule has 0 bridgehead atoms. The van der Waals surface area contributed by atoms with Gasteiger partial charge in [0.15, 0.2) is 0 Å². The van der Waals surface area contributed by atoms with Crippen LogP contribution in [0.5, 0.6) is 0 Å². The molecule has 88 valence electrons. The molecular formula is C14H11N3O. The molecule has 0 saturated heterocycles. The summed E-state index contributed by atoms with van der Waals surface area (Å²) in [5.74, 6) is -0.143. The van der Waals surface area contributed by atoms with Gasteiger partial charge in [-0.3, -0.25) is 4.79 Å². The van der Waals surface area contributed by atoms with E-state index in [0.717, 1.165) is 10.9 Å². The third-order valence-corrected chi connectivity index (χ3v) is 2.81. The number of nitrogens with two attached hydrogens (primary N) is 1. The number of benzene rings is 2. The Hall–Kier alpha value is -2.62. The van der Waals surface area contributed by atoms with Crippen molar-refractivity contribution in [3.8, 4) is 0 Å². The SMILES string of the molecule is Nc1ccc2c(cnn2C(=O)c2ccccc2)c1. The van der Waals surface area contributed by atoms with Crippen LogP contribution in [0.25, 0.3) is 10.9 Å². The van der Waals surface area contributed by atoms with E-state index in [1.165, 1.54) is 4.68 Å². The molecule has 0 fully saturated rings. The number of hydrogen-bond acceptors (Lipinski definition) is 3. The summed E-state index contributed by atoms with van der Waals surface area (Å²) < 4.78 is 1.39. The van der Waals surface area contributed by atoms with Gasteiger partial charge >= 0.3 is 0 Å². The molecule has 4 nitrogen and oxygen atoms in total. The van der Waals surface area contributed by atoms with Crippen molar-refractivity contribution in [2.75, 3.05) is 5.73 Å². The molecule has 0 spiro atoms. The number of nitrogen functional groups attached to an aromatic ring is 1. The van der Waals surface area contributed by atoms with Crippen molar-refractivity contribution < 1.29 is 4.79 Å². The average Bonchev–Trinajstić information content (AvgIpc) is 2.81. The van der Waals surface area contributed by atoms with Crippen molar-refractivity contribution in [3.63, 3.8) is 0 Å². The number of fused-ring (bicyclic) bond motifs is 1. The van der Waals surface area contributed by atoms with Crippen molar-refractivity contribution in [1.29, 1.82) is 0 Å². The van der Waals surface area contributed by atoms with Crippen LogP contribution in [-0.2, 0) is 0 Å². The van der Waals surface area contributed by atoms with Crippen LogP contribution in [0.15, 0.2) is 54.7 Å². The Morgan fingerprint density at radius 2 is 1.89 bits per heavy atom. The third-order valence-electron chi connectivity index (χ3n) is 2.81. The Kier molecular flexibility index (Phi) is 2.34. The molecule has 0 aliphatic carbocycles. The lowest BCUT2D eigenvalue weighted by Crippen LogP contribution is -2.13. The Bertz CT molecular complexity index is 716. The predicted molar refractivity (Wildman–Crippen MR) is 70.3 cm³/mol. The van der Waals surface area contributed by atoms with Crippen LogP contribution in [-0.4, -0.2) is 15.7 Å². The van der Waals surface area contributed by atoms with Gasteiger partial charge in [-0.25, -0.2) is 0 Å². The monoisotopic (exact) mass is 237 g/mol. The minimum Gasteiger partial charge on any atom is -0.399 e. The highest BCUT2D eigenvalue weighted by Gasteiger charge is 2.12. The number of rotatable bonds is 1. The second-order valence-electron chi connectivity index (χ2n) is 4.05. The van der Waals surface area contributed by atoms with E-state index in [-0.39, 0.29) is 5.91 Å². The molecule has 1 heterocycles. The van der Waals surface area contributed by atoms with Crippen LogP contribution in [0, 0.1) is 0 Å². The molecule has 0 amide bonds. The number of anilines is 1. The highest BCUT2D eigenvalue weighted by Crippen LogP contribution is 2.18. The molecular weight excluding hydrogens is 226 g/mol. The van der Waals surface area contributed by atoms with Gasteiger partial charge in [-0.05, 0) is 30.3 Å². The van der Waals surface area contributed by atoms with E-state index in [1.807, 2.05) is 18.2 Å². The summed E-state index contributed by atoms with van der Waals surface area (Å²) in [6.45, 7) is 0. The van der Waals surface area contributed by atoms with E-state index in [2.05, 4.69) is 5.10 Å². The van der Waals surface area contributed by atoms with E-state index in [1.54, 1.807) is 36.5 Å². The smallest absolute Gasteiger partial charge is 0.278 e. The summed E-state index contributed by atoms with van der Waals surface area (Å²) >= 11 is 0. The average molecular weight is 237 g/mol. The molecule has 0 atom stereocenters. The predicted octanol–water partition coefficient (Wildman–Crippen LogP) is 2.31. The van der Waals surface area contributed by atoms with Crippen molar-refractivity contribution in [3.05, 3.63) is 60.3 Å². The lowest BCUT2D eigenvalue weighted by Gasteiger charge is -2.02. The topological polar surface area (TPSA) is 60.9 Å². The van der Waals surface area contributed by atoms with E-state index in [4.69, 9.17) is 5.73 Å². The summed E-state index contributed by atoms with van der Waals surface area (Å²) in [6.07, 6.45) is 1.65. The highest BCUT2D eigenvalue weighted by atomic mass is 16.2. The first-order valence-corrected chi connectivity index (χ1v) is 5.59. The van der Waals surface area contributed by atoms with Gasteiger partial charge in [0.05, 0.1) is 11.7 Å². The fraction of sp³-hybridized carbons (Fsp3) is 0. The number of aromatic nitrogens is 2. The maximum Gasteiger partial charge on any atom is 0.278 e. The standard InChI is InChI=1S/C14H11N3O/c15-12-6-7-13-11(8-12)9-16-17(13)14(18)10-4-2-1-3-5-10/h1-9H,15H2. The first kappa shape index (κ1) is 10.5. The molecule has 0 aliphatic heterocycles. The second-order valence-corrected chi connectivity index (χ2v) is 4.05. The molecule has 18 heavy (non-hydrogen) atoms. The molecule has 0 aliphatic rings. The maximum absolute atomic E-state index is 12.3. The fourth-order valence-corrected chi connectivity index (χ4v) is 1.92. The van der Waals surface area contributed by atoms with Crippen molar-refractivity contribution in [2.45, 2.75) is 0 Å². The zero-order valence-corrected chi connectivity index (χ0v) is 9.58. The van der Waals surface area contributed by atoms with E-state index < -0.39 is 0 Å². The lowest BCUT2D eigenvalue weighted by atomic mass is 10.2. The first-order valence-electron chi connectivity index (χ1n) is 5.59. The van der Waals surface area contributed by atoms with Crippen LogP contribution >= 0.6 is 0 Å². The summed E-state index contributed by atoms with van der Waals surface area (Å²) in [5, 5.41) is 4.98. The molecule has 4 heteroatoms. The van der Waals surface area contributed by atoms with Crippen molar-refractivity contribution in [2.24, 2.45) is 0 Å². The number of carbonyl (C=O) groups excluding carboxylic acids is 1. The van der Waals surface area contributed by atoms with Crippen molar-refractivity contribution >= 4 is 22.5 Å². The van der Waals surface area contributed by atoms with Gasteiger partial charge in [-0.15, -0.1) is 0 Å². The Labute approximate surface area is 104 Å². The van der Waals surface area contributed by atoms with Gasteiger partial charge in [0.2, 0.25) is 0 Å². The summed E-state index contributed by atoms with van der Waals surface area (Å²) in [5.41, 5.74) is 7.73. The number of carbonyl (C=O) groups is 1. The van der Waals surface area contributed by atoms with Gasteiger partial charge < -0.3 is 5.73 Å². The minimum atomic E-state index is -0.143. The third kappa shape index (κ3) is 1.64. The quantitative estimate of drug-likeness (QED) is 0.660. The molecule has 3 aromatic rings. The summed E-state index contributed by atoms with van der Waals surface area (Å²) in [7, 11) is 0. The number of nitrogens with zero attached hydrogens (tertiary/aromatic N) is 2. The summed E-state index contributed by atoms with van der Waals surface area (Å²) in [4.78, 5) is 12.3. The summed E-state index contributed by atoms with van der Waals surface area (Å²) in [6, 6.07) is 14.4. The minimum absolute atomic E-state index is 0.143. The lowest BCUT2D eigenvalue weighted by molar-refractivity contribution is 0.0950. The van der Waals surface area contributed by atoms with Gasteiger partial charge in [0, 0.05) is 16.6 Å². The fourth-order valence-electron chi connectivity index (χ4n) is 1.92. The van der Waals surface area contributed by atoms with Crippen LogP contribution in [0.4, 0.5) is 5.69 Å². The zero-order chi connectivity index (χ0) is 12.5. The van der Waals surface area contributed by atoms with Gasteiger partial charge in [-0.1, -0.05) is 18.2 Å². The van der Waals surface area contributed by atoms with Crippen molar-refractivity contribution in [1.82, 2.24) is 9.78 Å². The van der Waals surface area contributed by atoms with Gasteiger partial charge in [0.25, 0.3) is 5.91 Å². The molecule has 3 rings (SSSR count).